The Balaban J connectivity index is 2.26. The molecule has 2 N–H and O–H groups in total. The van der Waals surface area contributed by atoms with E-state index < -0.39 is 47.8 Å². The van der Waals surface area contributed by atoms with Crippen LogP contribution in [0, 0.1) is 11.6 Å². The molecule has 1 aromatic rings. The molecule has 26 heavy (non-hydrogen) atoms. The average Bonchev–Trinajstić information content (AvgIpc) is 2.59. The van der Waals surface area contributed by atoms with Crippen LogP contribution in [0.1, 0.15) is 30.6 Å². The molecule has 7 nitrogen and oxygen atoms in total. The van der Waals surface area contributed by atoms with E-state index >= 15 is 0 Å². The number of urea groups is 1. The molecule has 2 rings (SSSR count). The number of hydrogen-bond acceptors (Lipinski definition) is 5. The summed E-state index contributed by atoms with van der Waals surface area (Å²) in [5, 5.41) is 4.92. The molecule has 0 spiro atoms. The highest BCUT2D eigenvalue weighted by molar-refractivity contribution is 5.95. The van der Waals surface area contributed by atoms with Crippen LogP contribution in [0.2, 0.25) is 0 Å². The summed E-state index contributed by atoms with van der Waals surface area (Å²) in [7, 11) is 0. The van der Waals surface area contributed by atoms with Gasteiger partial charge < -0.3 is 20.1 Å². The third kappa shape index (κ3) is 4.16. The molecule has 0 fully saturated rings. The fourth-order valence-corrected chi connectivity index (χ4v) is 2.48. The fourth-order valence-electron chi connectivity index (χ4n) is 2.48. The highest BCUT2D eigenvalue weighted by Gasteiger charge is 2.32. The maximum Gasteiger partial charge on any atom is 0.344 e. The molecule has 1 aromatic carbocycles. The number of ether oxygens (including phenoxy) is 2. The Bertz CT molecular complexity index is 743. The minimum atomic E-state index is -1.25. The van der Waals surface area contributed by atoms with Gasteiger partial charge in [-0.3, -0.25) is 0 Å². The molecule has 0 unspecified atom stereocenters. The third-order valence-electron chi connectivity index (χ3n) is 3.66. The van der Waals surface area contributed by atoms with Crippen molar-refractivity contribution in [3.05, 3.63) is 46.7 Å². The van der Waals surface area contributed by atoms with Crippen LogP contribution in [0.15, 0.2) is 29.5 Å². The van der Waals surface area contributed by atoms with Crippen molar-refractivity contribution in [3.8, 4) is 0 Å². The fraction of sp³-hybridized carbons (Fsp3) is 0.353. The lowest BCUT2D eigenvalue weighted by molar-refractivity contribution is -0.139. The first-order valence-electron chi connectivity index (χ1n) is 7.97. The number of rotatable bonds is 6. The summed E-state index contributed by atoms with van der Waals surface area (Å²) >= 11 is 0. The zero-order chi connectivity index (χ0) is 19.3. The van der Waals surface area contributed by atoms with Crippen molar-refractivity contribution in [2.45, 2.75) is 26.3 Å². The van der Waals surface area contributed by atoms with Crippen LogP contribution in [0.25, 0.3) is 0 Å². The van der Waals surface area contributed by atoms with Gasteiger partial charge in [0, 0.05) is 0 Å². The number of carbonyl (C=O) groups excluding carboxylic acids is 3. The van der Waals surface area contributed by atoms with Gasteiger partial charge in [-0.1, -0.05) is 13.0 Å². The zero-order valence-corrected chi connectivity index (χ0v) is 14.2. The molecular formula is C17H18F2N2O5. The molecule has 1 heterocycles. The van der Waals surface area contributed by atoms with Crippen molar-refractivity contribution in [1.82, 2.24) is 10.6 Å². The molecule has 0 aromatic heterocycles. The van der Waals surface area contributed by atoms with Crippen LogP contribution in [-0.2, 0) is 14.3 Å². The van der Waals surface area contributed by atoms with Gasteiger partial charge in [-0.15, -0.1) is 0 Å². The van der Waals surface area contributed by atoms with Crippen LogP contribution in [0.3, 0.4) is 0 Å². The molecule has 0 saturated carbocycles. The van der Waals surface area contributed by atoms with E-state index in [0.29, 0.717) is 6.42 Å². The second-order valence-corrected chi connectivity index (χ2v) is 5.34. The summed E-state index contributed by atoms with van der Waals surface area (Å²) in [6.07, 6.45) is 0.390. The summed E-state index contributed by atoms with van der Waals surface area (Å²) in [4.78, 5) is 35.9. The standard InChI is InChI=1S/C17H18F2N2O5/c1-3-11-14(16(23)25-4-2)12(21-17(24)20-11)8-26-15(22)13-9(18)6-5-7-10(13)19/h5-7,11H,3-4,8H2,1-2H3,(H2,20,21,24)/t11-/m0/s1. The molecule has 0 saturated heterocycles. The summed E-state index contributed by atoms with van der Waals surface area (Å²) in [5.74, 6) is -4.09. The zero-order valence-electron chi connectivity index (χ0n) is 14.2. The topological polar surface area (TPSA) is 93.7 Å². The summed E-state index contributed by atoms with van der Waals surface area (Å²) in [6, 6.07) is 1.72. The Morgan fingerprint density at radius 1 is 1.12 bits per heavy atom. The molecular weight excluding hydrogens is 350 g/mol. The summed E-state index contributed by atoms with van der Waals surface area (Å²) in [6.45, 7) is 2.92. The monoisotopic (exact) mass is 368 g/mol. The van der Waals surface area contributed by atoms with Crippen LogP contribution < -0.4 is 10.6 Å². The normalized spacial score (nSPS) is 16.6. The van der Waals surface area contributed by atoms with Gasteiger partial charge in [-0.05, 0) is 25.5 Å². The maximum absolute atomic E-state index is 13.6. The number of amides is 2. The van der Waals surface area contributed by atoms with Crippen LogP contribution in [0.4, 0.5) is 13.6 Å². The highest BCUT2D eigenvalue weighted by atomic mass is 19.1. The van der Waals surface area contributed by atoms with Crippen molar-refractivity contribution in [1.29, 1.82) is 0 Å². The first-order valence-corrected chi connectivity index (χ1v) is 7.97. The third-order valence-corrected chi connectivity index (χ3v) is 3.66. The van der Waals surface area contributed by atoms with Gasteiger partial charge >= 0.3 is 18.0 Å². The number of benzene rings is 1. The van der Waals surface area contributed by atoms with Crippen LogP contribution >= 0.6 is 0 Å². The smallest absolute Gasteiger partial charge is 0.344 e. The van der Waals surface area contributed by atoms with Crippen molar-refractivity contribution in [2.75, 3.05) is 13.2 Å². The molecule has 140 valence electrons. The van der Waals surface area contributed by atoms with E-state index in [0.717, 1.165) is 18.2 Å². The summed E-state index contributed by atoms with van der Waals surface area (Å²) < 4.78 is 37.1. The van der Waals surface area contributed by atoms with E-state index in [2.05, 4.69) is 10.6 Å². The SMILES string of the molecule is CCOC(=O)C1=C(COC(=O)c2c(F)cccc2F)NC(=O)N[C@H]1CC. The Morgan fingerprint density at radius 3 is 2.35 bits per heavy atom. The quantitative estimate of drug-likeness (QED) is 0.750. The van der Waals surface area contributed by atoms with Gasteiger partial charge in [-0.2, -0.15) is 0 Å². The minimum absolute atomic E-state index is 0.00384. The van der Waals surface area contributed by atoms with Gasteiger partial charge in [0.05, 0.1) is 23.9 Å². The lowest BCUT2D eigenvalue weighted by Gasteiger charge is -2.28. The van der Waals surface area contributed by atoms with Crippen molar-refractivity contribution in [3.63, 3.8) is 0 Å². The lowest BCUT2D eigenvalue weighted by atomic mass is 10.0. The number of halogens is 2. The minimum Gasteiger partial charge on any atom is -0.463 e. The van der Waals surface area contributed by atoms with E-state index in [4.69, 9.17) is 9.47 Å². The molecule has 1 atom stereocenters. The predicted molar refractivity (Wildman–Crippen MR) is 86.0 cm³/mol. The van der Waals surface area contributed by atoms with Gasteiger partial charge in [0.15, 0.2) is 0 Å². The van der Waals surface area contributed by atoms with E-state index in [1.807, 2.05) is 0 Å². The molecule has 1 aliphatic rings. The van der Waals surface area contributed by atoms with Crippen molar-refractivity contribution in [2.24, 2.45) is 0 Å². The van der Waals surface area contributed by atoms with Gasteiger partial charge in [-0.25, -0.2) is 23.2 Å². The van der Waals surface area contributed by atoms with E-state index in [1.165, 1.54) is 0 Å². The van der Waals surface area contributed by atoms with E-state index in [1.54, 1.807) is 13.8 Å². The maximum atomic E-state index is 13.6. The van der Waals surface area contributed by atoms with Gasteiger partial charge in [0.1, 0.15) is 23.8 Å². The summed E-state index contributed by atoms with van der Waals surface area (Å²) in [5.41, 5.74) is -0.752. The van der Waals surface area contributed by atoms with Gasteiger partial charge in [0.25, 0.3) is 0 Å². The van der Waals surface area contributed by atoms with E-state index in [9.17, 15) is 23.2 Å². The predicted octanol–water partition coefficient (Wildman–Crippen LogP) is 2.03. The van der Waals surface area contributed by atoms with Crippen LogP contribution in [0.5, 0.6) is 0 Å². The van der Waals surface area contributed by atoms with Crippen molar-refractivity contribution >= 4 is 18.0 Å². The number of hydrogen-bond donors (Lipinski definition) is 2. The second-order valence-electron chi connectivity index (χ2n) is 5.34. The second kappa shape index (κ2) is 8.41. The Hall–Kier alpha value is -2.97. The number of nitrogens with one attached hydrogen (secondary N) is 2. The Morgan fingerprint density at radius 2 is 1.77 bits per heavy atom. The molecule has 2 amide bonds. The van der Waals surface area contributed by atoms with E-state index in [-0.39, 0.29) is 17.9 Å². The van der Waals surface area contributed by atoms with Crippen LogP contribution in [-0.4, -0.2) is 37.2 Å². The Labute approximate surface area is 148 Å². The highest BCUT2D eigenvalue weighted by Crippen LogP contribution is 2.19. The molecule has 1 aliphatic heterocycles. The largest absolute Gasteiger partial charge is 0.463 e. The molecule has 0 aliphatic carbocycles. The first-order chi connectivity index (χ1) is 12.4. The van der Waals surface area contributed by atoms with Crippen molar-refractivity contribution < 1.29 is 32.6 Å². The first kappa shape index (κ1) is 19.4. The molecule has 9 heteroatoms. The number of carbonyl (C=O) groups is 3. The van der Waals surface area contributed by atoms with Gasteiger partial charge in [0.2, 0.25) is 0 Å². The molecule has 0 radical (unpaired) electrons. The Kier molecular flexibility index (Phi) is 6.26. The lowest BCUT2D eigenvalue weighted by Crippen LogP contribution is -2.51. The number of esters is 2. The average molecular weight is 368 g/mol. The molecule has 0 bridgehead atoms.